The van der Waals surface area contributed by atoms with Crippen molar-refractivity contribution in [1.82, 2.24) is 20.6 Å². The average Bonchev–Trinajstić information content (AvgIpc) is 2.69. The van der Waals surface area contributed by atoms with Crippen LogP contribution in [0.15, 0.2) is 0 Å². The van der Waals surface area contributed by atoms with E-state index in [1.54, 1.807) is 0 Å². The molecule has 3 aliphatic heterocycles. The zero-order valence-electron chi connectivity index (χ0n) is 13.0. The van der Waals surface area contributed by atoms with Gasteiger partial charge in [-0.1, -0.05) is 0 Å². The third kappa shape index (κ3) is 3.78. The van der Waals surface area contributed by atoms with Crippen LogP contribution in [0.2, 0.25) is 0 Å². The highest BCUT2D eigenvalue weighted by atomic mass is 32.3. The van der Waals surface area contributed by atoms with Crippen molar-refractivity contribution in [3.63, 3.8) is 0 Å². The Bertz CT molecular complexity index is 609. The molecule has 11 nitrogen and oxygen atoms in total. The van der Waals surface area contributed by atoms with Gasteiger partial charge in [-0.2, -0.15) is 13.5 Å². The number of rotatable bonds is 7. The molecule has 0 aromatic carbocycles. The smallest absolute Gasteiger partial charge is 0.374 e. The summed E-state index contributed by atoms with van der Waals surface area (Å²) in [7, 11) is -4.75. The number of hydroxylamine groups is 2. The normalized spacial score (nSPS) is 27.3. The van der Waals surface area contributed by atoms with Crippen LogP contribution in [0.3, 0.4) is 0 Å². The highest BCUT2D eigenvalue weighted by Gasteiger charge is 2.48. The van der Waals surface area contributed by atoms with Crippen molar-refractivity contribution in [2.24, 2.45) is 0 Å². The predicted molar refractivity (Wildman–Crippen MR) is 81.7 cm³/mol. The molecular formula is C12H21N5O6S. The third-order valence-corrected chi connectivity index (χ3v) is 4.69. The molecule has 0 aromatic heterocycles. The molecule has 0 spiro atoms. The second-order valence-corrected chi connectivity index (χ2v) is 7.01. The van der Waals surface area contributed by atoms with E-state index < -0.39 is 28.5 Å². The maximum absolute atomic E-state index is 12.2. The Labute approximate surface area is 139 Å². The molecule has 136 valence electrons. The van der Waals surface area contributed by atoms with Crippen LogP contribution >= 0.6 is 0 Å². The highest BCUT2D eigenvalue weighted by Crippen LogP contribution is 2.30. The molecule has 3 heterocycles. The first kappa shape index (κ1) is 17.4. The monoisotopic (exact) mass is 363 g/mol. The predicted octanol–water partition coefficient (Wildman–Crippen LogP) is -1.46. The van der Waals surface area contributed by atoms with Crippen LogP contribution in [-0.4, -0.2) is 85.8 Å². The van der Waals surface area contributed by atoms with Gasteiger partial charge in [-0.25, -0.2) is 4.79 Å². The molecule has 0 aliphatic carbocycles. The van der Waals surface area contributed by atoms with Crippen molar-refractivity contribution in [2.45, 2.75) is 31.0 Å². The van der Waals surface area contributed by atoms with E-state index in [0.717, 1.165) is 13.1 Å². The fraction of sp³-hybridized carbons (Fsp3) is 0.833. The summed E-state index contributed by atoms with van der Waals surface area (Å²) in [6.45, 7) is 2.87. The van der Waals surface area contributed by atoms with Crippen molar-refractivity contribution < 1.29 is 26.8 Å². The maximum atomic E-state index is 12.2. The van der Waals surface area contributed by atoms with Gasteiger partial charge in [0.15, 0.2) is 0 Å². The fourth-order valence-corrected chi connectivity index (χ4v) is 3.43. The number of nitrogens with one attached hydrogen (secondary N) is 3. The molecule has 12 heteroatoms. The van der Waals surface area contributed by atoms with Crippen LogP contribution in [0.1, 0.15) is 12.8 Å². The first-order chi connectivity index (χ1) is 11.3. The van der Waals surface area contributed by atoms with Crippen LogP contribution < -0.4 is 10.6 Å². The number of piperidine rings is 1. The number of ether oxygens (including phenoxy) is 1. The quantitative estimate of drug-likeness (QED) is 0.186. The van der Waals surface area contributed by atoms with Crippen molar-refractivity contribution in [1.29, 1.82) is 5.41 Å². The number of amidine groups is 1. The number of carbonyl (C=O) groups excluding carboxylic acids is 1. The molecule has 2 atom stereocenters. The van der Waals surface area contributed by atoms with Crippen molar-refractivity contribution in [3.05, 3.63) is 0 Å². The second-order valence-electron chi connectivity index (χ2n) is 6.00. The second kappa shape index (κ2) is 6.80. The van der Waals surface area contributed by atoms with Crippen LogP contribution in [-0.2, 0) is 19.4 Å². The first-order valence-corrected chi connectivity index (χ1v) is 9.13. The number of hydrogen-bond acceptors (Lipinski definition) is 7. The zero-order valence-corrected chi connectivity index (χ0v) is 13.8. The van der Waals surface area contributed by atoms with Crippen LogP contribution in [0.4, 0.5) is 4.79 Å². The summed E-state index contributed by atoms with van der Waals surface area (Å²) in [4.78, 5) is 13.6. The molecule has 0 aromatic rings. The van der Waals surface area contributed by atoms with Crippen molar-refractivity contribution in [2.75, 3.05) is 32.8 Å². The number of carbonyl (C=O) groups is 1. The molecule has 3 saturated heterocycles. The molecule has 4 N–H and O–H groups in total. The van der Waals surface area contributed by atoms with E-state index in [9.17, 15) is 13.2 Å². The minimum absolute atomic E-state index is 0.186. The molecular weight excluding hydrogens is 342 g/mol. The molecule has 24 heavy (non-hydrogen) atoms. The topological polar surface area (TPSA) is 144 Å². The third-order valence-electron chi connectivity index (χ3n) is 4.35. The van der Waals surface area contributed by atoms with Crippen LogP contribution in [0.5, 0.6) is 0 Å². The largest absolute Gasteiger partial charge is 0.418 e. The van der Waals surface area contributed by atoms with Gasteiger partial charge in [0.2, 0.25) is 0 Å². The van der Waals surface area contributed by atoms with Gasteiger partial charge in [0.25, 0.3) is 0 Å². The number of fused-ring (bicyclic) bond motifs is 2. The Balaban J connectivity index is 1.50. The van der Waals surface area contributed by atoms with E-state index in [0.29, 0.717) is 31.1 Å². The molecule has 0 unspecified atom stereocenters. The lowest BCUT2D eigenvalue weighted by Gasteiger charge is -2.31. The van der Waals surface area contributed by atoms with Gasteiger partial charge in [-0.15, -0.1) is 4.28 Å². The lowest BCUT2D eigenvalue weighted by molar-refractivity contribution is -0.0316. The minimum atomic E-state index is -4.75. The van der Waals surface area contributed by atoms with Gasteiger partial charge in [0.1, 0.15) is 5.84 Å². The summed E-state index contributed by atoms with van der Waals surface area (Å²) >= 11 is 0. The lowest BCUT2D eigenvalue weighted by atomic mass is 10.00. The Morgan fingerprint density at radius 2 is 2.17 bits per heavy atom. The van der Waals surface area contributed by atoms with Gasteiger partial charge in [-0.3, -0.25) is 9.96 Å². The zero-order chi connectivity index (χ0) is 17.3. The summed E-state index contributed by atoms with van der Waals surface area (Å²) < 4.78 is 40.4. The summed E-state index contributed by atoms with van der Waals surface area (Å²) in [6, 6.07) is -1.57. The molecule has 0 radical (unpaired) electrons. The van der Waals surface area contributed by atoms with Crippen molar-refractivity contribution in [3.8, 4) is 0 Å². The number of urea groups is 1. The molecule has 3 rings (SSSR count). The van der Waals surface area contributed by atoms with Crippen LogP contribution in [0.25, 0.3) is 0 Å². The Kier molecular flexibility index (Phi) is 4.92. The summed E-state index contributed by atoms with van der Waals surface area (Å²) in [6.07, 6.45) is 1.22. The molecule has 2 bridgehead atoms. The Morgan fingerprint density at radius 1 is 1.42 bits per heavy atom. The molecule has 3 aliphatic rings. The van der Waals surface area contributed by atoms with Gasteiger partial charge < -0.3 is 20.3 Å². The van der Waals surface area contributed by atoms with E-state index in [4.69, 9.17) is 14.7 Å². The number of hydrogen-bond donors (Lipinski definition) is 4. The van der Waals surface area contributed by atoms with E-state index in [-0.39, 0.29) is 18.5 Å². The summed E-state index contributed by atoms with van der Waals surface area (Å²) in [5.74, 6) is 0.186. The number of nitrogens with zero attached hydrogens (tertiary/aromatic N) is 2. The Morgan fingerprint density at radius 3 is 2.79 bits per heavy atom. The first-order valence-electron chi connectivity index (χ1n) is 7.76. The fourth-order valence-electron chi connectivity index (χ4n) is 3.04. The van der Waals surface area contributed by atoms with Gasteiger partial charge in [0, 0.05) is 26.2 Å². The van der Waals surface area contributed by atoms with E-state index >= 15 is 0 Å². The maximum Gasteiger partial charge on any atom is 0.418 e. The van der Waals surface area contributed by atoms with E-state index in [2.05, 4.69) is 14.9 Å². The average molecular weight is 363 g/mol. The molecule has 0 saturated carbocycles. The van der Waals surface area contributed by atoms with E-state index in [1.165, 1.54) is 4.90 Å². The SMILES string of the molecule is N=C(NCCOC1CNC1)[C@@H]1CC[C@@H]2CN1C(=O)N2OS(=O)(=O)O. The standard InChI is InChI=1S/C12H21N5O6S/c13-11(15-3-4-22-9-5-14-6-9)10-2-1-8-7-16(10)12(18)17(8)23-24(19,20)21/h8-10,14H,1-7H2,(H2,13,15)(H,19,20,21)/t8-,10+/m1/s1. The van der Waals surface area contributed by atoms with Gasteiger partial charge in [0.05, 0.1) is 24.8 Å². The van der Waals surface area contributed by atoms with Gasteiger partial charge >= 0.3 is 16.4 Å². The molecule has 2 amide bonds. The summed E-state index contributed by atoms with van der Waals surface area (Å²) in [5, 5.41) is 14.8. The molecule has 3 fully saturated rings. The van der Waals surface area contributed by atoms with Crippen LogP contribution in [0, 0.1) is 5.41 Å². The minimum Gasteiger partial charge on any atom is -0.374 e. The van der Waals surface area contributed by atoms with Crippen molar-refractivity contribution >= 4 is 22.3 Å². The van der Waals surface area contributed by atoms with E-state index in [1.807, 2.05) is 0 Å². The van der Waals surface area contributed by atoms with Gasteiger partial charge in [-0.05, 0) is 12.8 Å². The highest BCUT2D eigenvalue weighted by molar-refractivity contribution is 7.80. The Hall–Kier alpha value is -1.47. The summed E-state index contributed by atoms with van der Waals surface area (Å²) in [5.41, 5.74) is 0. The number of amides is 2. The lowest BCUT2D eigenvalue weighted by Crippen LogP contribution is -2.51.